The highest BCUT2D eigenvalue weighted by molar-refractivity contribution is 7.92. The van der Waals surface area contributed by atoms with E-state index in [1.165, 1.54) is 23.1 Å². The number of nitrogens with one attached hydrogen (secondary N) is 1. The Balaban J connectivity index is 2.38. The first-order valence-corrected chi connectivity index (χ1v) is 12.9. The van der Waals surface area contributed by atoms with Gasteiger partial charge in [-0.3, -0.25) is 13.9 Å². The number of para-hydroxylation sites is 1. The highest BCUT2D eigenvalue weighted by Gasteiger charge is 2.32. The summed E-state index contributed by atoms with van der Waals surface area (Å²) in [4.78, 5) is 27.7. The topological polar surface area (TPSA) is 86.8 Å². The predicted octanol–water partition coefficient (Wildman–Crippen LogP) is 3.32. The summed E-state index contributed by atoms with van der Waals surface area (Å²) >= 11 is 0. The van der Waals surface area contributed by atoms with E-state index in [2.05, 4.69) is 5.32 Å². The molecule has 2 rings (SSSR count). The Morgan fingerprint density at radius 3 is 2.24 bits per heavy atom. The van der Waals surface area contributed by atoms with Crippen molar-refractivity contribution >= 4 is 27.5 Å². The number of sulfonamides is 1. The van der Waals surface area contributed by atoms with Crippen molar-refractivity contribution in [1.82, 2.24) is 10.2 Å². The van der Waals surface area contributed by atoms with Gasteiger partial charge in [-0.15, -0.1) is 0 Å². The number of carbonyl (C=O) groups is 2. The summed E-state index contributed by atoms with van der Waals surface area (Å²) in [5, 5.41) is 2.86. The molecule has 180 valence electrons. The fourth-order valence-electron chi connectivity index (χ4n) is 3.45. The van der Waals surface area contributed by atoms with E-state index < -0.39 is 34.3 Å². The zero-order chi connectivity index (χ0) is 24.4. The Kier molecular flexibility index (Phi) is 9.84. The highest BCUT2D eigenvalue weighted by Crippen LogP contribution is 2.22. The molecule has 9 heteroatoms. The Morgan fingerprint density at radius 1 is 1.03 bits per heavy atom. The van der Waals surface area contributed by atoms with Gasteiger partial charge in [0.05, 0.1) is 11.9 Å². The third-order valence-electron chi connectivity index (χ3n) is 5.21. The molecule has 2 aromatic carbocycles. The number of benzene rings is 2. The Bertz CT molecular complexity index is 1030. The number of hydrogen-bond donors (Lipinski definition) is 1. The van der Waals surface area contributed by atoms with Crippen molar-refractivity contribution < 1.29 is 22.4 Å². The molecule has 0 bridgehead atoms. The molecule has 0 aliphatic rings. The zero-order valence-corrected chi connectivity index (χ0v) is 20.1. The molecule has 0 fully saturated rings. The van der Waals surface area contributed by atoms with Crippen LogP contribution in [0.25, 0.3) is 0 Å². The standard InChI is InChI=1S/C24H32FN3O4S/c1-4-6-16-26-24(30)21(5-2)27(17-19-12-8-7-9-13-19)23(29)18-28(33(3,31)32)22-15-11-10-14-20(22)25/h7-15,21H,4-6,16-18H2,1-3H3,(H,26,30)/t21-/m0/s1. The molecule has 7 nitrogen and oxygen atoms in total. The van der Waals surface area contributed by atoms with Crippen molar-refractivity contribution in [2.75, 3.05) is 23.7 Å². The third-order valence-corrected chi connectivity index (χ3v) is 6.34. The van der Waals surface area contributed by atoms with Crippen molar-refractivity contribution in [2.24, 2.45) is 0 Å². The number of nitrogens with zero attached hydrogens (tertiary/aromatic N) is 2. The Morgan fingerprint density at radius 2 is 1.67 bits per heavy atom. The number of amides is 2. The van der Waals surface area contributed by atoms with Gasteiger partial charge < -0.3 is 10.2 Å². The van der Waals surface area contributed by atoms with E-state index >= 15 is 0 Å². The van der Waals surface area contributed by atoms with E-state index in [4.69, 9.17) is 0 Å². The summed E-state index contributed by atoms with van der Waals surface area (Å²) in [6.45, 7) is 3.79. The predicted molar refractivity (Wildman–Crippen MR) is 128 cm³/mol. The van der Waals surface area contributed by atoms with E-state index in [0.29, 0.717) is 13.0 Å². The van der Waals surface area contributed by atoms with Crippen molar-refractivity contribution in [1.29, 1.82) is 0 Å². The van der Waals surface area contributed by atoms with Crippen molar-refractivity contribution in [3.8, 4) is 0 Å². The van der Waals surface area contributed by atoms with Gasteiger partial charge in [-0.05, 0) is 30.5 Å². The second-order valence-corrected chi connectivity index (χ2v) is 9.70. The molecule has 2 aromatic rings. The summed E-state index contributed by atoms with van der Waals surface area (Å²) < 4.78 is 40.1. The van der Waals surface area contributed by atoms with Crippen LogP contribution in [-0.4, -0.2) is 50.5 Å². The molecule has 1 atom stereocenters. The Labute approximate surface area is 195 Å². The van der Waals surface area contributed by atoms with E-state index in [0.717, 1.165) is 35.0 Å². The monoisotopic (exact) mass is 477 g/mol. The molecule has 2 amide bonds. The fraction of sp³-hybridized carbons (Fsp3) is 0.417. The maximum atomic E-state index is 14.4. The van der Waals surface area contributed by atoms with Crippen LogP contribution in [0.2, 0.25) is 0 Å². The van der Waals surface area contributed by atoms with E-state index in [-0.39, 0.29) is 18.1 Å². The molecule has 0 aliphatic heterocycles. The van der Waals surface area contributed by atoms with E-state index in [1.807, 2.05) is 37.3 Å². The average Bonchev–Trinajstić information content (AvgIpc) is 2.78. The van der Waals surface area contributed by atoms with Gasteiger partial charge >= 0.3 is 0 Å². The SMILES string of the molecule is CCCCNC(=O)[C@H](CC)N(Cc1ccccc1)C(=O)CN(c1ccccc1F)S(C)(=O)=O. The summed E-state index contributed by atoms with van der Waals surface area (Å²) in [5.41, 5.74) is 0.580. The molecule has 1 N–H and O–H groups in total. The average molecular weight is 478 g/mol. The minimum atomic E-state index is -3.97. The lowest BCUT2D eigenvalue weighted by atomic mass is 10.1. The first kappa shape index (κ1) is 26.3. The smallest absolute Gasteiger partial charge is 0.244 e. The lowest BCUT2D eigenvalue weighted by molar-refractivity contribution is -0.140. The molecular weight excluding hydrogens is 445 g/mol. The lowest BCUT2D eigenvalue weighted by Crippen LogP contribution is -2.52. The third kappa shape index (κ3) is 7.56. The molecule has 0 unspecified atom stereocenters. The van der Waals surface area contributed by atoms with Gasteiger partial charge in [-0.2, -0.15) is 0 Å². The fourth-order valence-corrected chi connectivity index (χ4v) is 4.30. The van der Waals surface area contributed by atoms with Crippen LogP contribution >= 0.6 is 0 Å². The van der Waals surface area contributed by atoms with Gasteiger partial charge in [0.1, 0.15) is 18.4 Å². The van der Waals surface area contributed by atoms with Crippen LogP contribution in [0, 0.1) is 5.82 Å². The van der Waals surface area contributed by atoms with Crippen LogP contribution in [0.15, 0.2) is 54.6 Å². The Hall–Kier alpha value is -2.94. The quantitative estimate of drug-likeness (QED) is 0.475. The number of halogens is 1. The number of carbonyl (C=O) groups excluding carboxylic acids is 2. The molecule has 0 heterocycles. The molecule has 0 aliphatic carbocycles. The largest absolute Gasteiger partial charge is 0.354 e. The lowest BCUT2D eigenvalue weighted by Gasteiger charge is -2.33. The number of hydrogen-bond acceptors (Lipinski definition) is 4. The number of unbranched alkanes of at least 4 members (excludes halogenated alkanes) is 1. The van der Waals surface area contributed by atoms with Crippen LogP contribution in [-0.2, 0) is 26.2 Å². The maximum absolute atomic E-state index is 14.4. The highest BCUT2D eigenvalue weighted by atomic mass is 32.2. The molecule has 0 radical (unpaired) electrons. The number of anilines is 1. The summed E-state index contributed by atoms with van der Waals surface area (Å²) in [6, 6.07) is 13.7. The molecule has 0 spiro atoms. The van der Waals surface area contributed by atoms with Crippen molar-refractivity contribution in [2.45, 2.75) is 45.7 Å². The van der Waals surface area contributed by atoms with E-state index in [9.17, 15) is 22.4 Å². The van der Waals surface area contributed by atoms with Gasteiger partial charge in [0.25, 0.3) is 0 Å². The normalized spacial score (nSPS) is 12.1. The first-order chi connectivity index (χ1) is 15.7. The van der Waals surface area contributed by atoms with Gasteiger partial charge in [-0.25, -0.2) is 12.8 Å². The summed E-state index contributed by atoms with van der Waals surface area (Å²) in [6.07, 6.45) is 2.98. The second kappa shape index (κ2) is 12.3. The zero-order valence-electron chi connectivity index (χ0n) is 19.3. The molecular formula is C24H32FN3O4S. The van der Waals surface area contributed by atoms with Crippen LogP contribution in [0.4, 0.5) is 10.1 Å². The van der Waals surface area contributed by atoms with Crippen molar-refractivity contribution in [3.05, 3.63) is 66.0 Å². The molecule has 0 saturated heterocycles. The molecule has 0 aromatic heterocycles. The molecule has 0 saturated carbocycles. The van der Waals surface area contributed by atoms with Crippen LogP contribution < -0.4 is 9.62 Å². The van der Waals surface area contributed by atoms with Crippen molar-refractivity contribution in [3.63, 3.8) is 0 Å². The summed E-state index contributed by atoms with van der Waals surface area (Å²) in [5.74, 6) is -1.65. The van der Waals surface area contributed by atoms with Gasteiger partial charge in [-0.1, -0.05) is 62.7 Å². The van der Waals surface area contributed by atoms with Crippen LogP contribution in [0.1, 0.15) is 38.7 Å². The van der Waals surface area contributed by atoms with Gasteiger partial charge in [0.15, 0.2) is 0 Å². The minimum absolute atomic E-state index is 0.119. The van der Waals surface area contributed by atoms with Gasteiger partial charge in [0.2, 0.25) is 21.8 Å². The number of rotatable bonds is 12. The second-order valence-electron chi connectivity index (χ2n) is 7.80. The van der Waals surface area contributed by atoms with Crippen LogP contribution in [0.3, 0.4) is 0 Å². The minimum Gasteiger partial charge on any atom is -0.354 e. The van der Waals surface area contributed by atoms with Gasteiger partial charge in [0, 0.05) is 13.1 Å². The molecule has 33 heavy (non-hydrogen) atoms. The van der Waals surface area contributed by atoms with Crippen LogP contribution in [0.5, 0.6) is 0 Å². The maximum Gasteiger partial charge on any atom is 0.244 e. The first-order valence-electron chi connectivity index (χ1n) is 11.0. The summed E-state index contributed by atoms with van der Waals surface area (Å²) in [7, 11) is -3.97. The van der Waals surface area contributed by atoms with E-state index in [1.54, 1.807) is 6.92 Å².